The predicted octanol–water partition coefficient (Wildman–Crippen LogP) is 7.33. The Balaban J connectivity index is 1.62. The Morgan fingerprint density at radius 2 is 1.91 bits per heavy atom. The zero-order valence-electron chi connectivity index (χ0n) is 18.5. The van der Waals surface area contributed by atoms with E-state index in [1.54, 1.807) is 36.5 Å². The highest BCUT2D eigenvalue weighted by Gasteiger charge is 2.26. The van der Waals surface area contributed by atoms with Crippen LogP contribution in [0, 0.1) is 0 Å². The van der Waals surface area contributed by atoms with E-state index in [1.807, 2.05) is 35.8 Å². The lowest BCUT2D eigenvalue weighted by Gasteiger charge is -2.10. The molecule has 0 bridgehead atoms. The van der Waals surface area contributed by atoms with Crippen LogP contribution in [0.25, 0.3) is 22.5 Å². The fraction of sp³-hybridized carbons (Fsp3) is 0.115. The first-order chi connectivity index (χ1) is 17.0. The van der Waals surface area contributed by atoms with Gasteiger partial charge in [-0.2, -0.15) is 0 Å². The fourth-order valence-corrected chi connectivity index (χ4v) is 4.67. The van der Waals surface area contributed by atoms with Crippen molar-refractivity contribution in [3.63, 3.8) is 0 Å². The van der Waals surface area contributed by atoms with Crippen molar-refractivity contribution in [2.75, 3.05) is 6.61 Å². The van der Waals surface area contributed by atoms with Crippen LogP contribution in [0.1, 0.15) is 28.6 Å². The Labute approximate surface area is 216 Å². The molecular weight excluding hydrogens is 509 g/mol. The van der Waals surface area contributed by atoms with Gasteiger partial charge in [0.1, 0.15) is 16.6 Å². The number of halogens is 3. The number of carbonyl (C=O) groups is 1. The maximum absolute atomic E-state index is 13.6. The summed E-state index contributed by atoms with van der Waals surface area (Å²) in [6.45, 7) is 2.71. The van der Waals surface area contributed by atoms with Crippen molar-refractivity contribution in [3.8, 4) is 17.3 Å². The molecule has 6 nitrogen and oxygen atoms in total. The van der Waals surface area contributed by atoms with Crippen molar-refractivity contribution in [2.45, 2.75) is 13.5 Å². The lowest BCUT2D eigenvalue weighted by molar-refractivity contribution is 0.101. The van der Waals surface area contributed by atoms with Gasteiger partial charge in [-0.3, -0.25) is 9.78 Å². The third-order valence-corrected chi connectivity index (χ3v) is 6.45. The molecule has 0 radical (unpaired) electrons. The van der Waals surface area contributed by atoms with Crippen molar-refractivity contribution in [3.05, 3.63) is 99.1 Å². The molecule has 3 heterocycles. The highest BCUT2D eigenvalue weighted by atomic mass is 35.5. The number of rotatable bonds is 7. The van der Waals surface area contributed by atoms with Gasteiger partial charge in [0.2, 0.25) is 11.7 Å². The number of hydrogen-bond donors (Lipinski definition) is 0. The molecule has 0 unspecified atom stereocenters. The Kier molecular flexibility index (Phi) is 6.52. The molecule has 0 amide bonds. The Hall–Kier alpha value is -3.32. The molecule has 35 heavy (non-hydrogen) atoms. The van der Waals surface area contributed by atoms with Gasteiger partial charge < -0.3 is 13.7 Å². The second-order valence-electron chi connectivity index (χ2n) is 7.67. The van der Waals surface area contributed by atoms with Crippen LogP contribution in [0.4, 0.5) is 0 Å². The summed E-state index contributed by atoms with van der Waals surface area (Å²) in [6.07, 6.45) is 3.01. The molecule has 5 aromatic rings. The van der Waals surface area contributed by atoms with Gasteiger partial charge in [0.15, 0.2) is 5.76 Å². The normalized spacial score (nSPS) is 11.2. The number of benzene rings is 2. The highest BCUT2D eigenvalue weighted by Crippen LogP contribution is 2.36. The number of ketones is 1. The Morgan fingerprint density at radius 1 is 1.06 bits per heavy atom. The zero-order chi connectivity index (χ0) is 24.5. The molecule has 176 valence electrons. The molecule has 9 heteroatoms. The van der Waals surface area contributed by atoms with Crippen LogP contribution in [-0.2, 0) is 6.54 Å². The van der Waals surface area contributed by atoms with E-state index in [2.05, 4.69) is 9.97 Å². The number of hydrogen-bond acceptors (Lipinski definition) is 5. The number of carbonyl (C=O) groups excluding carboxylic acids is 1. The van der Waals surface area contributed by atoms with Crippen LogP contribution in [0.5, 0.6) is 5.75 Å². The molecule has 0 atom stereocenters. The van der Waals surface area contributed by atoms with Crippen LogP contribution >= 0.6 is 34.8 Å². The summed E-state index contributed by atoms with van der Waals surface area (Å²) in [4.78, 5) is 22.1. The van der Waals surface area contributed by atoms with Crippen LogP contribution in [-0.4, -0.2) is 26.9 Å². The first-order valence-electron chi connectivity index (χ1n) is 10.8. The molecule has 0 N–H and O–H groups in total. The Bertz CT molecular complexity index is 1540. The summed E-state index contributed by atoms with van der Waals surface area (Å²) in [6, 6.07) is 16.1. The van der Waals surface area contributed by atoms with Gasteiger partial charge in [0.05, 0.1) is 30.4 Å². The largest absolute Gasteiger partial charge is 0.494 e. The van der Waals surface area contributed by atoms with Gasteiger partial charge >= 0.3 is 0 Å². The summed E-state index contributed by atoms with van der Waals surface area (Å²) in [5.41, 5.74) is 2.37. The fourth-order valence-electron chi connectivity index (χ4n) is 3.86. The van der Waals surface area contributed by atoms with E-state index in [0.717, 1.165) is 11.1 Å². The van der Waals surface area contributed by atoms with Gasteiger partial charge in [0, 0.05) is 21.6 Å². The lowest BCUT2D eigenvalue weighted by Crippen LogP contribution is -2.03. The maximum atomic E-state index is 13.6. The van der Waals surface area contributed by atoms with Gasteiger partial charge in [-0.15, -0.1) is 0 Å². The van der Waals surface area contributed by atoms with Crippen LogP contribution in [0.15, 0.2) is 71.4 Å². The molecule has 0 saturated carbocycles. The summed E-state index contributed by atoms with van der Waals surface area (Å²) < 4.78 is 13.3. The van der Waals surface area contributed by atoms with E-state index in [0.29, 0.717) is 40.0 Å². The second kappa shape index (κ2) is 9.74. The smallest absolute Gasteiger partial charge is 0.245 e. The number of nitrogens with zero attached hydrogens (tertiary/aromatic N) is 3. The molecule has 2 aromatic carbocycles. The van der Waals surface area contributed by atoms with Crippen molar-refractivity contribution < 1.29 is 13.9 Å². The third-order valence-electron chi connectivity index (χ3n) is 5.47. The molecule has 0 aliphatic rings. The average molecular weight is 527 g/mol. The zero-order valence-corrected chi connectivity index (χ0v) is 20.7. The van der Waals surface area contributed by atoms with E-state index in [9.17, 15) is 4.79 Å². The quantitative estimate of drug-likeness (QED) is 0.208. The van der Waals surface area contributed by atoms with E-state index in [4.69, 9.17) is 44.0 Å². The van der Waals surface area contributed by atoms with E-state index < -0.39 is 5.78 Å². The standard InChI is InChI=1S/C26H18Cl3N3O3/c1-2-34-17-8-9-21-18(12-17)23(25(29)32(21)14-15-6-7-16(27)11-19(15)28)24(33)22-13-31-26(35-22)20-5-3-4-10-30-20/h3-13H,2,14H2,1H3. The maximum Gasteiger partial charge on any atom is 0.245 e. The predicted molar refractivity (Wildman–Crippen MR) is 137 cm³/mol. The molecule has 3 aromatic heterocycles. The number of oxazole rings is 1. The van der Waals surface area contributed by atoms with E-state index >= 15 is 0 Å². The SMILES string of the molecule is CCOc1ccc2c(c1)c(C(=O)c1cnc(-c3ccccn3)o1)c(Cl)n2Cc1ccc(Cl)cc1Cl. The van der Waals surface area contributed by atoms with Crippen molar-refractivity contribution in [2.24, 2.45) is 0 Å². The van der Waals surface area contributed by atoms with Crippen molar-refractivity contribution in [1.29, 1.82) is 0 Å². The topological polar surface area (TPSA) is 70.2 Å². The molecule has 5 rings (SSSR count). The molecular formula is C26H18Cl3N3O3. The van der Waals surface area contributed by atoms with Gasteiger partial charge in [0.25, 0.3) is 0 Å². The first kappa shape index (κ1) is 23.4. The van der Waals surface area contributed by atoms with Crippen molar-refractivity contribution in [1.82, 2.24) is 14.5 Å². The van der Waals surface area contributed by atoms with Gasteiger partial charge in [-0.05, 0) is 55.0 Å². The molecule has 0 saturated heterocycles. The lowest BCUT2D eigenvalue weighted by atomic mass is 10.1. The van der Waals surface area contributed by atoms with Gasteiger partial charge in [-0.25, -0.2) is 4.98 Å². The Morgan fingerprint density at radius 3 is 2.66 bits per heavy atom. The molecule has 0 fully saturated rings. The van der Waals surface area contributed by atoms with Crippen LogP contribution in [0.2, 0.25) is 15.2 Å². The highest BCUT2D eigenvalue weighted by molar-refractivity contribution is 6.37. The van der Waals surface area contributed by atoms with E-state index in [1.165, 1.54) is 6.20 Å². The number of ether oxygens (including phenoxy) is 1. The van der Waals surface area contributed by atoms with Crippen LogP contribution in [0.3, 0.4) is 0 Å². The first-order valence-corrected chi connectivity index (χ1v) is 11.9. The minimum absolute atomic E-state index is 0.0536. The average Bonchev–Trinajstić information content (AvgIpc) is 3.45. The minimum Gasteiger partial charge on any atom is -0.494 e. The van der Waals surface area contributed by atoms with E-state index in [-0.39, 0.29) is 22.4 Å². The monoisotopic (exact) mass is 525 g/mol. The number of fused-ring (bicyclic) bond motifs is 1. The summed E-state index contributed by atoms with van der Waals surface area (Å²) in [5, 5.41) is 1.92. The molecule has 0 aliphatic heterocycles. The minimum atomic E-state index is -0.399. The number of pyridine rings is 1. The summed E-state index contributed by atoms with van der Waals surface area (Å²) in [7, 11) is 0. The van der Waals surface area contributed by atoms with Crippen molar-refractivity contribution >= 4 is 51.5 Å². The van der Waals surface area contributed by atoms with Gasteiger partial charge in [-0.1, -0.05) is 46.9 Å². The summed E-state index contributed by atoms with van der Waals surface area (Å²) >= 11 is 19.3. The number of aromatic nitrogens is 3. The van der Waals surface area contributed by atoms with Crippen LogP contribution < -0.4 is 4.74 Å². The second-order valence-corrected chi connectivity index (χ2v) is 8.88. The summed E-state index contributed by atoms with van der Waals surface area (Å²) in [5.74, 6) is 0.526. The third kappa shape index (κ3) is 4.52. The molecule has 0 aliphatic carbocycles. The molecule has 0 spiro atoms.